The zero-order valence-corrected chi connectivity index (χ0v) is 10.3. The van der Waals surface area contributed by atoms with Gasteiger partial charge < -0.3 is 30.5 Å². The maximum atomic E-state index is 11.0. The number of carbonyl (C=O) groups excluding carboxylic acids is 1. The molecule has 0 bridgehead atoms. The van der Waals surface area contributed by atoms with Crippen molar-refractivity contribution in [2.24, 2.45) is 0 Å². The Bertz CT molecular complexity index is 457. The third-order valence-corrected chi connectivity index (χ3v) is 3.45. The molecule has 0 aromatic heterocycles. The van der Waals surface area contributed by atoms with Gasteiger partial charge >= 0.3 is 0 Å². The molecule has 19 heavy (non-hydrogen) atoms. The van der Waals surface area contributed by atoms with Crippen LogP contribution in [0.15, 0.2) is 0 Å². The van der Waals surface area contributed by atoms with Gasteiger partial charge in [0.05, 0.1) is 0 Å². The van der Waals surface area contributed by atoms with Crippen LogP contribution in [0.25, 0.3) is 0 Å². The van der Waals surface area contributed by atoms with E-state index in [0.29, 0.717) is 0 Å². The number of aliphatic hydroxyl groups excluding tert-OH is 4. The molecule has 6 atom stereocenters. The first kappa shape index (κ1) is 14.6. The van der Waals surface area contributed by atoms with Gasteiger partial charge in [-0.15, -0.1) is 0 Å². The third kappa shape index (κ3) is 3.60. The molecule has 1 aliphatic heterocycles. The number of nitrogens with one attached hydrogen (secondary N) is 1. The number of ether oxygens (including phenoxy) is 1. The predicted octanol–water partition coefficient (Wildman–Crippen LogP) is -3.86. The van der Waals surface area contributed by atoms with E-state index in [9.17, 15) is 33.6 Å². The van der Waals surface area contributed by atoms with Gasteiger partial charge in [-0.05, 0) is 0 Å². The number of hydrogen-bond donors (Lipinski definition) is 6. The van der Waals surface area contributed by atoms with Crippen LogP contribution in [-0.4, -0.2) is 75.4 Å². The van der Waals surface area contributed by atoms with Gasteiger partial charge in [0, 0.05) is 8.27 Å². The summed E-state index contributed by atoms with van der Waals surface area (Å²) in [6.45, 7) is -0.705. The fraction of sp³-hybridized carbons (Fsp3) is 0.875. The summed E-state index contributed by atoms with van der Waals surface area (Å²) in [5.74, 6) is -0.877. The summed E-state index contributed by atoms with van der Waals surface area (Å²) in [4.78, 5) is 11.0. The molecule has 1 amide bonds. The van der Waals surface area contributed by atoms with Gasteiger partial charge in [-0.2, -0.15) is 8.42 Å². The summed E-state index contributed by atoms with van der Waals surface area (Å²) in [6.07, 6.45) is -7.86. The van der Waals surface area contributed by atoms with Gasteiger partial charge in [0.25, 0.3) is 10.1 Å². The Kier molecular flexibility index (Phi) is 4.35. The normalized spacial score (nSPS) is 38.4. The van der Waals surface area contributed by atoms with Crippen molar-refractivity contribution in [2.75, 3.05) is 0 Å². The fourth-order valence-corrected chi connectivity index (χ4v) is 2.21. The maximum Gasteiger partial charge on any atom is 0.294 e. The molecule has 6 N–H and O–H groups in total. The summed E-state index contributed by atoms with van der Waals surface area (Å²) < 4.78 is 41.5. The topological polar surface area (TPSA) is 174 Å². The van der Waals surface area contributed by atoms with Crippen molar-refractivity contribution in [1.29, 1.82) is 0 Å². The van der Waals surface area contributed by atoms with E-state index in [4.69, 9.17) is 5.92 Å². The van der Waals surface area contributed by atoms with Gasteiger partial charge in [-0.3, -0.25) is 9.35 Å². The Hall–Kier alpha value is -0.820. The van der Waals surface area contributed by atoms with Crippen molar-refractivity contribution in [3.63, 3.8) is 0 Å². The fourth-order valence-electron chi connectivity index (χ4n) is 1.65. The van der Waals surface area contributed by atoms with Crippen molar-refractivity contribution < 1.29 is 44.3 Å². The number of carbonyl (C=O) groups is 1. The van der Waals surface area contributed by atoms with E-state index >= 15 is 0 Å². The van der Waals surface area contributed by atoms with Crippen LogP contribution in [0.2, 0.25) is 0 Å². The summed E-state index contributed by atoms with van der Waals surface area (Å²) in [5.41, 5.74) is -2.59. The van der Waals surface area contributed by atoms with Crippen LogP contribution in [0.5, 0.6) is 0 Å². The van der Waals surface area contributed by atoms with E-state index < -0.39 is 59.0 Å². The summed E-state index contributed by atoms with van der Waals surface area (Å²) in [6, 6.07) is -1.52. The average Bonchev–Trinajstić information content (AvgIpc) is 2.36. The molecule has 1 heterocycles. The minimum atomic E-state index is -5.00. The standard InChI is InChI=1S/C8H15NO9S/c1-2(10)9-3-4(11)5(12)6(18-7(3)13)8(14)19(15,16)17/h3-8,11-14H,1H3,(H,9,10)(H,15,16,17)/t3-,4-,5+,6+,7?,8?/m1/s1/i1D. The number of hydrogen-bond acceptors (Lipinski definition) is 8. The molecule has 1 rings (SSSR count). The Morgan fingerprint density at radius 3 is 2.42 bits per heavy atom. The molecular weight excluding hydrogens is 286 g/mol. The van der Waals surface area contributed by atoms with E-state index in [2.05, 4.69) is 4.74 Å². The number of amides is 1. The lowest BCUT2D eigenvalue weighted by atomic mass is 9.97. The van der Waals surface area contributed by atoms with Crippen molar-refractivity contribution in [2.45, 2.75) is 43.0 Å². The molecule has 112 valence electrons. The van der Waals surface area contributed by atoms with E-state index in [1.54, 1.807) is 0 Å². The van der Waals surface area contributed by atoms with Crippen LogP contribution in [-0.2, 0) is 19.6 Å². The highest BCUT2D eigenvalue weighted by Gasteiger charge is 2.49. The second kappa shape index (κ2) is 5.66. The highest BCUT2D eigenvalue weighted by molar-refractivity contribution is 7.86. The van der Waals surface area contributed by atoms with Gasteiger partial charge in [-0.1, -0.05) is 0 Å². The van der Waals surface area contributed by atoms with E-state index in [0.717, 1.165) is 0 Å². The summed E-state index contributed by atoms with van der Waals surface area (Å²) in [7, 11) is -5.00. The number of rotatable bonds is 3. The quantitative estimate of drug-likeness (QED) is 0.285. The van der Waals surface area contributed by atoms with Crippen molar-refractivity contribution in [1.82, 2.24) is 5.32 Å². The van der Waals surface area contributed by atoms with Crippen LogP contribution < -0.4 is 5.32 Å². The molecule has 2 unspecified atom stereocenters. The molecule has 0 aromatic carbocycles. The SMILES string of the molecule is [2H]CC(=O)N[C@H]1C(O)O[C@H](C(O)S(=O)(=O)O)[C@@H](O)[C@@H]1O. The molecular formula is C8H15NO9S. The maximum absolute atomic E-state index is 11.0. The Morgan fingerprint density at radius 1 is 1.37 bits per heavy atom. The average molecular weight is 302 g/mol. The van der Waals surface area contributed by atoms with Crippen LogP contribution in [0, 0.1) is 0 Å². The second-order valence-electron chi connectivity index (χ2n) is 3.97. The largest absolute Gasteiger partial charge is 0.388 e. The molecule has 10 nitrogen and oxygen atoms in total. The molecule has 1 fully saturated rings. The van der Waals surface area contributed by atoms with Gasteiger partial charge in [0.15, 0.2) is 6.29 Å². The lowest BCUT2D eigenvalue weighted by Gasteiger charge is -2.41. The Labute approximate surface area is 109 Å². The monoisotopic (exact) mass is 302 g/mol. The first-order valence-corrected chi connectivity index (χ1v) is 6.52. The van der Waals surface area contributed by atoms with Crippen LogP contribution in [0.1, 0.15) is 8.27 Å². The highest BCUT2D eigenvalue weighted by Crippen LogP contribution is 2.23. The summed E-state index contributed by atoms with van der Waals surface area (Å²) >= 11 is 0. The van der Waals surface area contributed by atoms with Gasteiger partial charge in [0.2, 0.25) is 11.3 Å². The third-order valence-electron chi connectivity index (χ3n) is 2.57. The molecule has 0 aliphatic carbocycles. The minimum Gasteiger partial charge on any atom is -0.388 e. The Morgan fingerprint density at radius 2 is 1.95 bits per heavy atom. The van der Waals surface area contributed by atoms with Gasteiger partial charge in [0.1, 0.15) is 24.4 Å². The number of aliphatic hydroxyl groups is 4. The second-order valence-corrected chi connectivity index (χ2v) is 5.48. The molecule has 1 saturated heterocycles. The molecule has 0 saturated carbocycles. The zero-order chi connectivity index (χ0) is 15.7. The molecule has 1 aliphatic rings. The highest BCUT2D eigenvalue weighted by atomic mass is 32.2. The summed E-state index contributed by atoms with van der Waals surface area (Å²) in [5, 5.41) is 40.1. The first-order chi connectivity index (χ1) is 9.09. The zero-order valence-electron chi connectivity index (χ0n) is 10.4. The van der Waals surface area contributed by atoms with Gasteiger partial charge in [-0.25, -0.2) is 0 Å². The smallest absolute Gasteiger partial charge is 0.294 e. The molecule has 0 aromatic rings. The molecule has 11 heteroatoms. The van der Waals surface area contributed by atoms with Crippen molar-refractivity contribution >= 4 is 16.0 Å². The van der Waals surface area contributed by atoms with Crippen LogP contribution >= 0.6 is 0 Å². The minimum absolute atomic E-state index is 0.705. The lowest BCUT2D eigenvalue weighted by Crippen LogP contribution is -2.66. The van der Waals surface area contributed by atoms with E-state index in [1.165, 1.54) is 0 Å². The van der Waals surface area contributed by atoms with Crippen LogP contribution in [0.3, 0.4) is 0 Å². The molecule has 0 spiro atoms. The molecule has 0 radical (unpaired) electrons. The van der Waals surface area contributed by atoms with E-state index in [1.807, 2.05) is 5.32 Å². The van der Waals surface area contributed by atoms with Crippen LogP contribution in [0.4, 0.5) is 0 Å². The Balaban J connectivity index is 2.89. The van der Waals surface area contributed by atoms with Crippen molar-refractivity contribution in [3.05, 3.63) is 0 Å². The van der Waals surface area contributed by atoms with E-state index in [-0.39, 0.29) is 0 Å². The predicted molar refractivity (Wildman–Crippen MR) is 58.1 cm³/mol. The first-order valence-electron chi connectivity index (χ1n) is 5.73. The lowest BCUT2D eigenvalue weighted by molar-refractivity contribution is -0.258. The van der Waals surface area contributed by atoms with Crippen molar-refractivity contribution in [3.8, 4) is 0 Å².